The van der Waals surface area contributed by atoms with Crippen molar-refractivity contribution in [3.8, 4) is 5.75 Å². The van der Waals surface area contributed by atoms with Gasteiger partial charge in [0.25, 0.3) is 5.91 Å². The third-order valence-corrected chi connectivity index (χ3v) is 3.30. The van der Waals surface area contributed by atoms with E-state index in [2.05, 4.69) is 5.32 Å². The van der Waals surface area contributed by atoms with Crippen LogP contribution in [0.3, 0.4) is 0 Å². The molecule has 0 saturated carbocycles. The highest BCUT2D eigenvalue weighted by atomic mass is 127. The zero-order chi connectivity index (χ0) is 13.7. The molecule has 1 aromatic carbocycles. The van der Waals surface area contributed by atoms with E-state index in [0.717, 1.165) is 3.57 Å². The lowest BCUT2D eigenvalue weighted by molar-refractivity contribution is -0.140. The zero-order valence-electron chi connectivity index (χ0n) is 10.1. The van der Waals surface area contributed by atoms with Gasteiger partial charge in [-0.25, -0.2) is 0 Å². The maximum absolute atomic E-state index is 11.8. The molecule has 0 aliphatic heterocycles. The number of aliphatic carboxylic acids is 1. The van der Waals surface area contributed by atoms with Gasteiger partial charge in [0.2, 0.25) is 0 Å². The quantitative estimate of drug-likeness (QED) is 0.782. The number of rotatable bonds is 5. The van der Waals surface area contributed by atoms with Crippen LogP contribution in [0, 0.1) is 9.49 Å². The van der Waals surface area contributed by atoms with Crippen molar-refractivity contribution in [1.29, 1.82) is 0 Å². The molecule has 0 bridgehead atoms. The molecule has 0 saturated heterocycles. The minimum absolute atomic E-state index is 0.107. The number of methoxy groups -OCH3 is 1. The number of carboxylic acids is 1. The fraction of sp³-hybridized carbons (Fsp3) is 0.333. The molecule has 0 radical (unpaired) electrons. The van der Waals surface area contributed by atoms with Crippen molar-refractivity contribution in [1.82, 2.24) is 5.32 Å². The van der Waals surface area contributed by atoms with Gasteiger partial charge in [-0.1, -0.05) is 6.92 Å². The fourth-order valence-electron chi connectivity index (χ4n) is 1.24. The third-order valence-electron chi connectivity index (χ3n) is 2.41. The lowest BCUT2D eigenvalue weighted by Gasteiger charge is -2.10. The van der Waals surface area contributed by atoms with E-state index < -0.39 is 11.9 Å². The summed E-state index contributed by atoms with van der Waals surface area (Å²) < 4.78 is 5.80. The van der Waals surface area contributed by atoms with Gasteiger partial charge in [-0.3, -0.25) is 9.59 Å². The number of ether oxygens (including phenoxy) is 1. The van der Waals surface area contributed by atoms with Crippen molar-refractivity contribution in [2.24, 2.45) is 5.92 Å². The number of carboxylic acid groups (broad SMARTS) is 1. The summed E-state index contributed by atoms with van der Waals surface area (Å²) in [4.78, 5) is 22.5. The highest BCUT2D eigenvalue weighted by Gasteiger charge is 2.15. The number of halogens is 1. The van der Waals surface area contributed by atoms with Gasteiger partial charge in [-0.2, -0.15) is 0 Å². The first kappa shape index (κ1) is 14.7. The van der Waals surface area contributed by atoms with Crippen LogP contribution >= 0.6 is 22.6 Å². The summed E-state index contributed by atoms with van der Waals surface area (Å²) in [5, 5.41) is 11.3. The van der Waals surface area contributed by atoms with E-state index in [1.807, 2.05) is 22.6 Å². The number of nitrogens with one attached hydrogen (secondary N) is 1. The molecule has 1 unspecified atom stereocenters. The van der Waals surface area contributed by atoms with Crippen molar-refractivity contribution in [2.45, 2.75) is 6.92 Å². The Morgan fingerprint density at radius 1 is 1.50 bits per heavy atom. The summed E-state index contributed by atoms with van der Waals surface area (Å²) in [6.07, 6.45) is 0. The first-order valence-corrected chi connectivity index (χ1v) is 6.38. The molecule has 0 aromatic heterocycles. The Labute approximate surface area is 119 Å². The van der Waals surface area contributed by atoms with Gasteiger partial charge >= 0.3 is 5.97 Å². The summed E-state index contributed by atoms with van der Waals surface area (Å²) in [5.41, 5.74) is 0.508. The van der Waals surface area contributed by atoms with E-state index in [-0.39, 0.29) is 12.5 Å². The maximum Gasteiger partial charge on any atom is 0.308 e. The van der Waals surface area contributed by atoms with Gasteiger partial charge < -0.3 is 15.2 Å². The molecule has 1 rings (SSSR count). The number of carbonyl (C=O) groups excluding carboxylic acids is 1. The number of hydrogen-bond acceptors (Lipinski definition) is 3. The molecule has 1 amide bonds. The standard InChI is InChI=1S/C12H14INO4/c1-7(12(16)17)6-14-11(15)9-4-3-8(18-2)5-10(9)13/h3-5,7H,6H2,1-2H3,(H,14,15)(H,16,17). The van der Waals surface area contributed by atoms with E-state index in [0.29, 0.717) is 11.3 Å². The van der Waals surface area contributed by atoms with Gasteiger partial charge in [0.05, 0.1) is 18.6 Å². The Morgan fingerprint density at radius 2 is 2.17 bits per heavy atom. The number of amides is 1. The molecule has 0 heterocycles. The molecule has 6 heteroatoms. The van der Waals surface area contributed by atoms with Crippen LogP contribution < -0.4 is 10.1 Å². The topological polar surface area (TPSA) is 75.6 Å². The molecule has 0 aliphatic carbocycles. The van der Waals surface area contributed by atoms with Crippen molar-refractivity contribution < 1.29 is 19.4 Å². The first-order chi connectivity index (χ1) is 8.45. The minimum Gasteiger partial charge on any atom is -0.497 e. The molecule has 0 fully saturated rings. The molecular weight excluding hydrogens is 349 g/mol. The average Bonchev–Trinajstić information content (AvgIpc) is 2.34. The Hall–Kier alpha value is -1.31. The zero-order valence-corrected chi connectivity index (χ0v) is 12.2. The van der Waals surface area contributed by atoms with Crippen molar-refractivity contribution in [3.63, 3.8) is 0 Å². The van der Waals surface area contributed by atoms with Crippen LogP contribution in [0.25, 0.3) is 0 Å². The predicted octanol–water partition coefficient (Wildman–Crippen LogP) is 1.75. The van der Waals surface area contributed by atoms with E-state index >= 15 is 0 Å². The van der Waals surface area contributed by atoms with Crippen molar-refractivity contribution in [3.05, 3.63) is 27.3 Å². The van der Waals surface area contributed by atoms with Gasteiger partial charge in [-0.15, -0.1) is 0 Å². The second-order valence-electron chi connectivity index (χ2n) is 3.80. The average molecular weight is 363 g/mol. The number of benzene rings is 1. The lowest BCUT2D eigenvalue weighted by atomic mass is 10.1. The van der Waals surface area contributed by atoms with Crippen LogP contribution in [-0.2, 0) is 4.79 Å². The molecule has 1 atom stereocenters. The van der Waals surface area contributed by atoms with E-state index in [1.54, 1.807) is 32.2 Å². The van der Waals surface area contributed by atoms with Crippen LogP contribution in [0.15, 0.2) is 18.2 Å². The van der Waals surface area contributed by atoms with Crippen LogP contribution in [0.5, 0.6) is 5.75 Å². The van der Waals surface area contributed by atoms with Crippen LogP contribution in [0.4, 0.5) is 0 Å². The Kier molecular flexibility index (Phi) is 5.39. The second kappa shape index (κ2) is 6.58. The van der Waals surface area contributed by atoms with Crippen molar-refractivity contribution >= 4 is 34.5 Å². The molecule has 1 aromatic rings. The highest BCUT2D eigenvalue weighted by molar-refractivity contribution is 14.1. The molecule has 2 N–H and O–H groups in total. The van der Waals surface area contributed by atoms with E-state index in [9.17, 15) is 9.59 Å². The lowest BCUT2D eigenvalue weighted by Crippen LogP contribution is -2.31. The van der Waals surface area contributed by atoms with Crippen LogP contribution in [0.1, 0.15) is 17.3 Å². The molecule has 0 spiro atoms. The summed E-state index contributed by atoms with van der Waals surface area (Å²) in [6.45, 7) is 1.65. The summed E-state index contributed by atoms with van der Waals surface area (Å²) >= 11 is 2.04. The smallest absolute Gasteiger partial charge is 0.308 e. The van der Waals surface area contributed by atoms with Gasteiger partial charge in [0.1, 0.15) is 5.75 Å². The highest BCUT2D eigenvalue weighted by Crippen LogP contribution is 2.19. The fourth-order valence-corrected chi connectivity index (χ4v) is 1.97. The summed E-state index contributed by atoms with van der Waals surface area (Å²) in [5.74, 6) is -1.14. The van der Waals surface area contributed by atoms with Crippen LogP contribution in [0.2, 0.25) is 0 Å². The van der Waals surface area contributed by atoms with Crippen LogP contribution in [-0.4, -0.2) is 30.6 Å². The number of hydrogen-bond donors (Lipinski definition) is 2. The van der Waals surface area contributed by atoms with Gasteiger partial charge in [-0.05, 0) is 40.8 Å². The number of carbonyl (C=O) groups is 2. The molecule has 0 aliphatic rings. The predicted molar refractivity (Wildman–Crippen MR) is 74.8 cm³/mol. The minimum atomic E-state index is -0.931. The first-order valence-electron chi connectivity index (χ1n) is 5.30. The monoisotopic (exact) mass is 363 g/mol. The Bertz CT molecular complexity index is 461. The van der Waals surface area contributed by atoms with E-state index in [1.165, 1.54) is 0 Å². The van der Waals surface area contributed by atoms with Gasteiger partial charge in [0, 0.05) is 10.1 Å². The molecule has 98 valence electrons. The Balaban J connectivity index is 2.70. The summed E-state index contributed by atoms with van der Waals surface area (Å²) in [7, 11) is 1.56. The van der Waals surface area contributed by atoms with Crippen molar-refractivity contribution in [2.75, 3.05) is 13.7 Å². The van der Waals surface area contributed by atoms with E-state index in [4.69, 9.17) is 9.84 Å². The molecule has 5 nitrogen and oxygen atoms in total. The maximum atomic E-state index is 11.8. The SMILES string of the molecule is COc1ccc(C(=O)NCC(C)C(=O)O)c(I)c1. The largest absolute Gasteiger partial charge is 0.497 e. The third kappa shape index (κ3) is 3.86. The molecular formula is C12H14INO4. The second-order valence-corrected chi connectivity index (χ2v) is 4.96. The summed E-state index contributed by atoms with van der Waals surface area (Å²) in [6, 6.07) is 5.09. The normalized spacial score (nSPS) is 11.7. The molecule has 18 heavy (non-hydrogen) atoms. The van der Waals surface area contributed by atoms with Gasteiger partial charge in [0.15, 0.2) is 0 Å². The Morgan fingerprint density at radius 3 is 2.67 bits per heavy atom.